The van der Waals surface area contributed by atoms with Gasteiger partial charge in [-0.25, -0.2) is 4.79 Å². The summed E-state index contributed by atoms with van der Waals surface area (Å²) in [6.45, 7) is -0.436. The van der Waals surface area contributed by atoms with Gasteiger partial charge in [0.25, 0.3) is 0 Å². The van der Waals surface area contributed by atoms with Gasteiger partial charge in [0.05, 0.1) is 25.4 Å². The molecular weight excluding hydrogens is 441 g/mol. The number of carboxylic acid groups (broad SMARTS) is 1. The number of carbonyl (C=O) groups excluding carboxylic acids is 1. The summed E-state index contributed by atoms with van der Waals surface area (Å²) in [6, 6.07) is 3.89. The molecule has 2 heterocycles. The van der Waals surface area contributed by atoms with E-state index in [0.717, 1.165) is 38.8 Å². The van der Waals surface area contributed by atoms with Crippen LogP contribution in [0.1, 0.15) is 60.4 Å². The first-order valence-electron chi connectivity index (χ1n) is 12.4. The molecule has 1 saturated heterocycles. The van der Waals surface area contributed by atoms with Crippen LogP contribution in [0.2, 0.25) is 5.82 Å². The van der Waals surface area contributed by atoms with Gasteiger partial charge in [-0.3, -0.25) is 4.79 Å². The third-order valence-electron chi connectivity index (χ3n) is 7.87. The van der Waals surface area contributed by atoms with Crippen LogP contribution in [-0.2, 0) is 4.79 Å². The van der Waals surface area contributed by atoms with Gasteiger partial charge in [0.2, 0.25) is 5.91 Å². The van der Waals surface area contributed by atoms with Gasteiger partial charge >= 0.3 is 12.7 Å². The predicted octanol–water partition coefficient (Wildman–Crippen LogP) is -0.0718. The number of fused-ring (bicyclic) bond motifs is 3. The molecule has 34 heavy (non-hydrogen) atoms. The van der Waals surface area contributed by atoms with Gasteiger partial charge in [-0.2, -0.15) is 0 Å². The van der Waals surface area contributed by atoms with E-state index < -0.39 is 12.7 Å². The predicted molar refractivity (Wildman–Crippen MR) is 122 cm³/mol. The second-order valence-corrected chi connectivity index (χ2v) is 10.3. The minimum Gasteiger partial charge on any atom is -0.669 e. The highest BCUT2D eigenvalue weighted by Crippen LogP contribution is 2.63. The van der Waals surface area contributed by atoms with E-state index in [1.54, 1.807) is 17.0 Å². The van der Waals surface area contributed by atoms with Gasteiger partial charge in [0.1, 0.15) is 17.4 Å². The number of benzene rings is 1. The molecule has 2 aliphatic heterocycles. The first kappa shape index (κ1) is 23.4. The van der Waals surface area contributed by atoms with Crippen molar-refractivity contribution in [1.29, 1.82) is 0 Å². The molecule has 11 heteroatoms. The number of carbonyl (C=O) groups is 2. The van der Waals surface area contributed by atoms with E-state index in [4.69, 9.17) is 9.39 Å². The average molecular weight is 475 g/mol. The second-order valence-electron chi connectivity index (χ2n) is 10.3. The number of quaternary nitrogens is 1. The maximum absolute atomic E-state index is 12.7. The number of aromatic carboxylic acids is 1. The monoisotopic (exact) mass is 475 g/mol. The van der Waals surface area contributed by atoms with Gasteiger partial charge in [0, 0.05) is 19.0 Å². The fourth-order valence-electron chi connectivity index (χ4n) is 5.76. The van der Waals surface area contributed by atoms with E-state index in [2.05, 4.69) is 11.1 Å². The lowest BCUT2D eigenvalue weighted by atomic mass is 9.68. The Balaban J connectivity index is 1.15. The molecule has 186 valence electrons. The number of ether oxygens (including phenoxy) is 1. The number of hydrogen-bond acceptors (Lipinski definition) is 7. The molecule has 2 atom stereocenters. The molecule has 3 fully saturated rings. The third-order valence-corrected chi connectivity index (χ3v) is 7.87. The van der Waals surface area contributed by atoms with Crippen molar-refractivity contribution in [2.45, 2.75) is 62.4 Å². The zero-order chi connectivity index (χ0) is 24.0. The van der Waals surface area contributed by atoms with Crippen molar-refractivity contribution in [3.8, 4) is 11.5 Å². The molecule has 0 radical (unpaired) electrons. The topological polar surface area (TPSA) is 156 Å². The van der Waals surface area contributed by atoms with Crippen LogP contribution >= 0.6 is 0 Å². The molecule has 0 aromatic heterocycles. The second kappa shape index (κ2) is 9.03. The first-order chi connectivity index (χ1) is 16.3. The van der Waals surface area contributed by atoms with Gasteiger partial charge in [-0.05, 0) is 49.1 Å². The van der Waals surface area contributed by atoms with Gasteiger partial charge in [-0.15, -0.1) is 0 Å². The lowest BCUT2D eigenvalue weighted by Crippen LogP contribution is -2.56. The lowest BCUT2D eigenvalue weighted by molar-refractivity contribution is -0.365. The fraction of sp³-hybridized carbons (Fsp3) is 0.652. The van der Waals surface area contributed by atoms with Crippen molar-refractivity contribution < 1.29 is 39.9 Å². The Morgan fingerprint density at radius 2 is 1.94 bits per heavy atom. The molecule has 7 N–H and O–H groups in total. The van der Waals surface area contributed by atoms with E-state index in [1.807, 2.05) is 0 Å². The standard InChI is InChI=1S/C23H33BN3O7/c25-7-8-26-14-3-1-13(2-4-14)9-20(28)27-11-15(12-27)33-19-6-5-16-17-10-18(17)24(31,32)34-22(16)21(19)23(29)30/h5-6,13-15,17-18,26,31-32H,1-4,7-12,25H2,(H,29,30)/q-1/p+1/t13-,14-,17-,18-/m1/s1. The van der Waals surface area contributed by atoms with Crippen molar-refractivity contribution >= 4 is 18.6 Å². The van der Waals surface area contributed by atoms with Crippen LogP contribution < -0.4 is 20.4 Å². The van der Waals surface area contributed by atoms with Crippen molar-refractivity contribution in [3.63, 3.8) is 0 Å². The Hall–Kier alpha value is -2.34. The summed E-state index contributed by atoms with van der Waals surface area (Å²) in [5.41, 5.74) is 4.35. The minimum absolute atomic E-state index is 0.0127. The normalized spacial score (nSPS) is 29.3. The van der Waals surface area contributed by atoms with Crippen molar-refractivity contribution in [2.24, 2.45) is 5.92 Å². The van der Waals surface area contributed by atoms with Crippen LogP contribution in [0.5, 0.6) is 11.5 Å². The van der Waals surface area contributed by atoms with Gasteiger partial charge < -0.3 is 40.5 Å². The molecule has 5 rings (SSSR count). The largest absolute Gasteiger partial charge is 0.669 e. The van der Waals surface area contributed by atoms with Crippen molar-refractivity contribution in [2.75, 3.05) is 26.2 Å². The number of nitrogens with zero attached hydrogens (tertiary/aromatic N) is 1. The SMILES string of the molecule is [NH3+]CCN[C@H]1CC[C@H](CC(=O)N2CC(Oc3ccc4c(c3C(=O)O)O[B-](O)(O)[C@@H]3C[C@H]43)C2)CC1. The molecule has 0 spiro atoms. The summed E-state index contributed by atoms with van der Waals surface area (Å²) in [6.07, 6.45) is 5.08. The smallest absolute Gasteiger partial charge is 0.434 e. The van der Waals surface area contributed by atoms with Crippen LogP contribution in [0.4, 0.5) is 0 Å². The van der Waals surface area contributed by atoms with Crippen LogP contribution in [0.3, 0.4) is 0 Å². The summed E-state index contributed by atoms with van der Waals surface area (Å²) in [7, 11) is 0. The maximum atomic E-state index is 12.7. The number of rotatable bonds is 8. The molecule has 0 bridgehead atoms. The molecule has 10 nitrogen and oxygen atoms in total. The molecule has 2 aliphatic carbocycles. The molecule has 1 amide bonds. The minimum atomic E-state index is -3.08. The highest BCUT2D eigenvalue weighted by molar-refractivity contribution is 6.62. The zero-order valence-electron chi connectivity index (χ0n) is 19.3. The van der Waals surface area contributed by atoms with Gasteiger partial charge in [-0.1, -0.05) is 18.3 Å². The van der Waals surface area contributed by atoms with Crippen LogP contribution in [0, 0.1) is 5.92 Å². The van der Waals surface area contributed by atoms with Gasteiger partial charge in [0.15, 0.2) is 0 Å². The Morgan fingerprint density at radius 3 is 2.62 bits per heavy atom. The summed E-state index contributed by atoms with van der Waals surface area (Å²) < 4.78 is 11.3. The zero-order valence-corrected chi connectivity index (χ0v) is 19.3. The van der Waals surface area contributed by atoms with E-state index in [0.29, 0.717) is 43.5 Å². The maximum Gasteiger partial charge on any atom is 0.434 e. The summed E-state index contributed by atoms with van der Waals surface area (Å²) in [4.78, 5) is 26.5. The van der Waals surface area contributed by atoms with Crippen molar-refractivity contribution in [3.05, 3.63) is 23.3 Å². The summed E-state index contributed by atoms with van der Waals surface area (Å²) in [5.74, 6) is -1.08. The molecule has 0 unspecified atom stereocenters. The van der Waals surface area contributed by atoms with E-state index in [-0.39, 0.29) is 40.8 Å². The third kappa shape index (κ3) is 4.49. The summed E-state index contributed by atoms with van der Waals surface area (Å²) in [5, 5.41) is 33.6. The lowest BCUT2D eigenvalue weighted by Gasteiger charge is -2.41. The summed E-state index contributed by atoms with van der Waals surface area (Å²) >= 11 is 0. The Bertz CT molecular complexity index is 960. The Kier molecular flexibility index (Phi) is 6.22. The Labute approximate surface area is 198 Å². The molecule has 1 aromatic carbocycles. The molecular formula is C23H34BN3O7. The van der Waals surface area contributed by atoms with E-state index >= 15 is 0 Å². The number of likely N-dealkylation sites (tertiary alicyclic amines) is 1. The number of carboxylic acids is 1. The first-order valence-corrected chi connectivity index (χ1v) is 12.4. The number of nitrogens with one attached hydrogen (secondary N) is 1. The fourth-order valence-corrected chi connectivity index (χ4v) is 5.76. The van der Waals surface area contributed by atoms with Crippen LogP contribution in [0.15, 0.2) is 12.1 Å². The molecule has 1 aromatic rings. The highest BCUT2D eigenvalue weighted by atomic mass is 16.6. The molecule has 4 aliphatic rings. The quantitative estimate of drug-likeness (QED) is 0.327. The highest BCUT2D eigenvalue weighted by Gasteiger charge is 2.55. The average Bonchev–Trinajstić information content (AvgIpc) is 3.57. The van der Waals surface area contributed by atoms with E-state index in [1.165, 1.54) is 0 Å². The van der Waals surface area contributed by atoms with Crippen LogP contribution in [-0.4, -0.2) is 77.0 Å². The number of hydrogen-bond donors (Lipinski definition) is 5. The Morgan fingerprint density at radius 1 is 1.21 bits per heavy atom. The van der Waals surface area contributed by atoms with Crippen LogP contribution in [0.25, 0.3) is 0 Å². The number of amides is 1. The van der Waals surface area contributed by atoms with Crippen molar-refractivity contribution in [1.82, 2.24) is 10.2 Å². The molecule has 2 saturated carbocycles. The van der Waals surface area contributed by atoms with E-state index in [9.17, 15) is 24.7 Å².